The fourth-order valence-electron chi connectivity index (χ4n) is 5.19. The van der Waals surface area contributed by atoms with Crippen molar-refractivity contribution in [3.05, 3.63) is 47.4 Å². The van der Waals surface area contributed by atoms with Gasteiger partial charge in [0.1, 0.15) is 11.9 Å². The molecule has 7 nitrogen and oxygen atoms in total. The molecule has 1 saturated heterocycles. The number of hydrogen-bond donors (Lipinski definition) is 1. The third-order valence-electron chi connectivity index (χ3n) is 7.19. The minimum Gasteiger partial charge on any atom is -0.370 e. The number of hydrogen-bond acceptors (Lipinski definition) is 5. The van der Waals surface area contributed by atoms with Gasteiger partial charge < -0.3 is 10.2 Å². The van der Waals surface area contributed by atoms with Crippen LogP contribution in [-0.2, 0) is 11.8 Å². The Bertz CT molecular complexity index is 1290. The van der Waals surface area contributed by atoms with E-state index < -0.39 is 5.67 Å². The van der Waals surface area contributed by atoms with Gasteiger partial charge in [-0.3, -0.25) is 9.48 Å². The van der Waals surface area contributed by atoms with E-state index in [1.807, 2.05) is 42.5 Å². The number of benzene rings is 1. The summed E-state index contributed by atoms with van der Waals surface area (Å²) in [4.78, 5) is 19.5. The Balaban J connectivity index is 1.34. The second-order valence-corrected chi connectivity index (χ2v) is 9.75. The molecule has 1 aliphatic heterocycles. The van der Waals surface area contributed by atoms with Crippen LogP contribution in [0.15, 0.2) is 36.8 Å². The highest BCUT2D eigenvalue weighted by Crippen LogP contribution is 2.56. The molecule has 2 aliphatic rings. The number of amides is 1. The van der Waals surface area contributed by atoms with Crippen molar-refractivity contribution in [1.82, 2.24) is 14.8 Å². The number of carbonyl (C=O) groups is 1. The maximum absolute atomic E-state index is 14.3. The summed E-state index contributed by atoms with van der Waals surface area (Å²) >= 11 is 6.52. The summed E-state index contributed by atoms with van der Waals surface area (Å²) in [6.07, 6.45) is 6.73. The van der Waals surface area contributed by atoms with Crippen molar-refractivity contribution in [1.29, 1.82) is 5.26 Å². The zero-order valence-corrected chi connectivity index (χ0v) is 19.9. The van der Waals surface area contributed by atoms with Gasteiger partial charge in [0.2, 0.25) is 5.91 Å². The summed E-state index contributed by atoms with van der Waals surface area (Å²) in [5.41, 5.74) is 0.117. The first-order valence-corrected chi connectivity index (χ1v) is 11.9. The van der Waals surface area contributed by atoms with Gasteiger partial charge in [0.05, 0.1) is 16.9 Å². The van der Waals surface area contributed by atoms with E-state index in [1.54, 1.807) is 16.9 Å². The monoisotopic (exact) mass is 480 g/mol. The SMILES string of the molecule is CCC1C(C(=O)Nc2cc3cc(N4CCC(F)(C#N)CC4)c(Cl)cc3cn2)C1c1cnn(C)c1. The Labute approximate surface area is 202 Å². The van der Waals surface area contributed by atoms with Gasteiger partial charge in [0.15, 0.2) is 5.67 Å². The Hall–Kier alpha value is -3.18. The average Bonchev–Trinajstić information content (AvgIpc) is 3.42. The lowest BCUT2D eigenvalue weighted by Crippen LogP contribution is -2.41. The molecule has 0 radical (unpaired) electrons. The minimum atomic E-state index is -1.77. The molecule has 1 N–H and O–H groups in total. The number of nitriles is 1. The first kappa shape index (κ1) is 22.6. The van der Waals surface area contributed by atoms with E-state index in [0.29, 0.717) is 29.8 Å². The van der Waals surface area contributed by atoms with E-state index in [0.717, 1.165) is 28.4 Å². The van der Waals surface area contributed by atoms with Crippen LogP contribution in [0.1, 0.15) is 37.7 Å². The molecule has 3 atom stereocenters. The average molecular weight is 481 g/mol. The maximum Gasteiger partial charge on any atom is 0.229 e. The summed E-state index contributed by atoms with van der Waals surface area (Å²) in [6, 6.07) is 7.39. The van der Waals surface area contributed by atoms with Crippen molar-refractivity contribution in [2.24, 2.45) is 18.9 Å². The summed E-state index contributed by atoms with van der Waals surface area (Å²) in [7, 11) is 1.88. The number of alkyl halides is 1. The number of rotatable bonds is 5. The summed E-state index contributed by atoms with van der Waals surface area (Å²) in [6.45, 7) is 2.94. The molecule has 176 valence electrons. The predicted octanol–water partition coefficient (Wildman–Crippen LogP) is 4.83. The summed E-state index contributed by atoms with van der Waals surface area (Å²) in [5.74, 6) is 0.837. The van der Waals surface area contributed by atoms with Gasteiger partial charge >= 0.3 is 0 Å². The lowest BCUT2D eigenvalue weighted by atomic mass is 9.94. The van der Waals surface area contributed by atoms with Gasteiger partial charge in [-0.2, -0.15) is 10.4 Å². The van der Waals surface area contributed by atoms with Crippen LogP contribution in [0, 0.1) is 23.2 Å². The quantitative estimate of drug-likeness (QED) is 0.565. The summed E-state index contributed by atoms with van der Waals surface area (Å²) < 4.78 is 16.1. The van der Waals surface area contributed by atoms with Crippen molar-refractivity contribution in [3.8, 4) is 6.07 Å². The molecule has 2 aromatic heterocycles. The van der Waals surface area contributed by atoms with Crippen LogP contribution in [-0.4, -0.2) is 39.4 Å². The highest BCUT2D eigenvalue weighted by Gasteiger charge is 2.54. The number of aromatic nitrogens is 3. The predicted molar refractivity (Wildman–Crippen MR) is 130 cm³/mol. The molecule has 1 aromatic carbocycles. The van der Waals surface area contributed by atoms with Crippen LogP contribution in [0.4, 0.5) is 15.9 Å². The highest BCUT2D eigenvalue weighted by atomic mass is 35.5. The van der Waals surface area contributed by atoms with E-state index in [2.05, 4.69) is 22.3 Å². The number of fused-ring (bicyclic) bond motifs is 1. The third-order valence-corrected chi connectivity index (χ3v) is 7.49. The zero-order chi connectivity index (χ0) is 24.0. The maximum atomic E-state index is 14.3. The Morgan fingerprint density at radius 2 is 2.06 bits per heavy atom. The first-order chi connectivity index (χ1) is 16.3. The molecule has 3 aromatic rings. The van der Waals surface area contributed by atoms with Gasteiger partial charge in [0.25, 0.3) is 0 Å². The van der Waals surface area contributed by atoms with Gasteiger partial charge in [-0.05, 0) is 35.1 Å². The van der Waals surface area contributed by atoms with Crippen LogP contribution >= 0.6 is 11.6 Å². The van der Waals surface area contributed by atoms with E-state index in [-0.39, 0.29) is 30.6 Å². The van der Waals surface area contributed by atoms with Crippen LogP contribution in [0.2, 0.25) is 5.02 Å². The Morgan fingerprint density at radius 1 is 1.29 bits per heavy atom. The molecule has 3 heterocycles. The zero-order valence-electron chi connectivity index (χ0n) is 19.1. The fraction of sp³-hybridized carbons (Fsp3) is 0.440. The number of piperidine rings is 1. The van der Waals surface area contributed by atoms with Crippen LogP contribution in [0.25, 0.3) is 10.8 Å². The Morgan fingerprint density at radius 3 is 2.71 bits per heavy atom. The van der Waals surface area contributed by atoms with Gasteiger partial charge in [-0.25, -0.2) is 9.37 Å². The first-order valence-electron chi connectivity index (χ1n) is 11.6. The smallest absolute Gasteiger partial charge is 0.229 e. The molecule has 1 amide bonds. The largest absolute Gasteiger partial charge is 0.370 e. The van der Waals surface area contributed by atoms with E-state index in [9.17, 15) is 9.18 Å². The molecule has 34 heavy (non-hydrogen) atoms. The minimum absolute atomic E-state index is 0.0337. The number of carbonyl (C=O) groups excluding carboxylic acids is 1. The van der Waals surface area contributed by atoms with Crippen LogP contribution in [0.5, 0.6) is 0 Å². The molecule has 5 rings (SSSR count). The van der Waals surface area contributed by atoms with Gasteiger partial charge in [-0.15, -0.1) is 0 Å². The van der Waals surface area contributed by atoms with Crippen molar-refractivity contribution in [3.63, 3.8) is 0 Å². The number of pyridine rings is 1. The standard InChI is InChI=1S/C25H26ClFN6O/c1-3-18-22(17-12-30-32(2)13-17)23(18)24(34)31-21-10-15-9-20(19(26)8-16(15)11-29-21)33-6-4-25(27,14-28)5-7-33/h8-13,18,22-23H,3-7H2,1-2H3,(H,29,31,34). The van der Waals surface area contributed by atoms with Crippen molar-refractivity contribution in [2.45, 2.75) is 37.8 Å². The van der Waals surface area contributed by atoms with Crippen LogP contribution in [0.3, 0.4) is 0 Å². The van der Waals surface area contributed by atoms with Gasteiger partial charge in [0, 0.05) is 62.6 Å². The number of nitrogens with zero attached hydrogens (tertiary/aromatic N) is 5. The molecule has 3 unspecified atom stereocenters. The molecule has 1 aliphatic carbocycles. The fourth-order valence-corrected chi connectivity index (χ4v) is 5.49. The number of halogens is 2. The normalized spacial score (nSPS) is 23.5. The van der Waals surface area contributed by atoms with Gasteiger partial charge in [-0.1, -0.05) is 24.9 Å². The number of aryl methyl sites for hydroxylation is 1. The highest BCUT2D eigenvalue weighted by molar-refractivity contribution is 6.34. The molecule has 2 fully saturated rings. The van der Waals surface area contributed by atoms with Crippen molar-refractivity contribution in [2.75, 3.05) is 23.3 Å². The Kier molecular flexibility index (Phi) is 5.68. The lowest BCUT2D eigenvalue weighted by Gasteiger charge is -2.34. The molecule has 9 heteroatoms. The van der Waals surface area contributed by atoms with Crippen LogP contribution < -0.4 is 10.2 Å². The van der Waals surface area contributed by atoms with Crippen molar-refractivity contribution < 1.29 is 9.18 Å². The second kappa shape index (κ2) is 8.55. The number of nitrogens with one attached hydrogen (secondary N) is 1. The summed E-state index contributed by atoms with van der Waals surface area (Å²) in [5, 5.41) is 18.6. The molecule has 0 spiro atoms. The van der Waals surface area contributed by atoms with E-state index in [4.69, 9.17) is 16.9 Å². The van der Waals surface area contributed by atoms with Crippen molar-refractivity contribution >= 4 is 39.8 Å². The van der Waals surface area contributed by atoms with E-state index in [1.165, 1.54) is 0 Å². The van der Waals surface area contributed by atoms with E-state index >= 15 is 0 Å². The number of anilines is 2. The molecular weight excluding hydrogens is 455 g/mol. The third kappa shape index (κ3) is 4.09. The topological polar surface area (TPSA) is 86.8 Å². The second-order valence-electron chi connectivity index (χ2n) is 9.34. The molecular formula is C25H26ClFN6O. The molecule has 1 saturated carbocycles. The lowest BCUT2D eigenvalue weighted by molar-refractivity contribution is -0.117. The molecule has 0 bridgehead atoms.